The Bertz CT molecular complexity index is 511. The van der Waals surface area contributed by atoms with Gasteiger partial charge in [0.2, 0.25) is 0 Å². The quantitative estimate of drug-likeness (QED) is 0.882. The first-order valence-electron chi connectivity index (χ1n) is 5.90. The molecule has 2 rings (SSSR count). The molecule has 0 aliphatic carbocycles. The molecule has 1 N–H and O–H groups in total. The molecule has 2 aromatic rings. The van der Waals surface area contributed by atoms with Crippen molar-refractivity contribution in [2.45, 2.75) is 6.42 Å². The summed E-state index contributed by atoms with van der Waals surface area (Å²) in [6.07, 6.45) is 0.811. The van der Waals surface area contributed by atoms with Gasteiger partial charge in [0.1, 0.15) is 11.6 Å². The smallest absolute Gasteiger partial charge is 0.257 e. The van der Waals surface area contributed by atoms with Crippen molar-refractivity contribution >= 4 is 17.2 Å². The van der Waals surface area contributed by atoms with Gasteiger partial charge in [-0.05, 0) is 53.1 Å². The molecule has 0 saturated carbocycles. The second kappa shape index (κ2) is 6.89. The van der Waals surface area contributed by atoms with Crippen LogP contribution >= 0.6 is 11.3 Å². The highest BCUT2D eigenvalue weighted by Crippen LogP contribution is 2.10. The molecule has 0 saturated heterocycles. The van der Waals surface area contributed by atoms with Crippen LogP contribution < -0.4 is 10.1 Å². The molecule has 1 aromatic carbocycles. The molecule has 0 unspecified atom stereocenters. The summed E-state index contributed by atoms with van der Waals surface area (Å²) in [6.45, 7) is 0.525. The van der Waals surface area contributed by atoms with E-state index in [1.165, 1.54) is 29.8 Å². The molecule has 1 heterocycles. The Kier molecular flexibility index (Phi) is 4.92. The average molecular weight is 279 g/mol. The minimum Gasteiger partial charge on any atom is -0.484 e. The largest absolute Gasteiger partial charge is 0.484 e. The number of nitrogens with one attached hydrogen (secondary N) is 1. The molecule has 0 bridgehead atoms. The van der Waals surface area contributed by atoms with Crippen LogP contribution in [0.4, 0.5) is 4.39 Å². The number of carbonyl (C=O) groups is 1. The number of benzene rings is 1. The molecule has 19 heavy (non-hydrogen) atoms. The minimum atomic E-state index is -0.326. The maximum Gasteiger partial charge on any atom is 0.257 e. The van der Waals surface area contributed by atoms with Crippen molar-refractivity contribution in [3.05, 3.63) is 52.5 Å². The van der Waals surface area contributed by atoms with Crippen LogP contribution in [-0.2, 0) is 11.2 Å². The van der Waals surface area contributed by atoms with E-state index >= 15 is 0 Å². The van der Waals surface area contributed by atoms with Gasteiger partial charge in [-0.3, -0.25) is 4.79 Å². The Balaban J connectivity index is 1.65. The SMILES string of the molecule is O=C(COc1ccc(F)cc1)NCCc1ccsc1. The monoisotopic (exact) mass is 279 g/mol. The van der Waals surface area contributed by atoms with Crippen molar-refractivity contribution < 1.29 is 13.9 Å². The molecule has 0 fully saturated rings. The van der Waals surface area contributed by atoms with Crippen molar-refractivity contribution in [3.63, 3.8) is 0 Å². The molecule has 0 spiro atoms. The average Bonchev–Trinajstić information content (AvgIpc) is 2.91. The van der Waals surface area contributed by atoms with E-state index in [-0.39, 0.29) is 18.3 Å². The summed E-state index contributed by atoms with van der Waals surface area (Å²) in [5, 5.41) is 6.83. The second-order valence-electron chi connectivity index (χ2n) is 3.97. The molecule has 0 aliphatic heterocycles. The molecular formula is C14H14FNO2S. The van der Waals surface area contributed by atoms with Crippen LogP contribution in [0, 0.1) is 5.82 Å². The zero-order valence-electron chi connectivity index (χ0n) is 10.3. The first-order valence-corrected chi connectivity index (χ1v) is 6.84. The third-order valence-electron chi connectivity index (χ3n) is 2.50. The summed E-state index contributed by atoms with van der Waals surface area (Å²) >= 11 is 1.64. The van der Waals surface area contributed by atoms with Gasteiger partial charge in [0.15, 0.2) is 6.61 Å². The number of amides is 1. The van der Waals surface area contributed by atoms with Gasteiger partial charge in [0.25, 0.3) is 5.91 Å². The van der Waals surface area contributed by atoms with Gasteiger partial charge in [-0.15, -0.1) is 0 Å². The zero-order chi connectivity index (χ0) is 13.5. The highest BCUT2D eigenvalue weighted by atomic mass is 32.1. The third-order valence-corrected chi connectivity index (χ3v) is 3.23. The van der Waals surface area contributed by atoms with Gasteiger partial charge in [0.05, 0.1) is 0 Å². The number of halogens is 1. The van der Waals surface area contributed by atoms with Gasteiger partial charge in [0, 0.05) is 6.54 Å². The van der Waals surface area contributed by atoms with Crippen molar-refractivity contribution in [3.8, 4) is 5.75 Å². The maximum atomic E-state index is 12.7. The number of hydrogen-bond donors (Lipinski definition) is 1. The summed E-state index contributed by atoms with van der Waals surface area (Å²) in [5.41, 5.74) is 1.21. The third kappa shape index (κ3) is 4.71. The molecule has 5 heteroatoms. The van der Waals surface area contributed by atoms with Crippen LogP contribution in [0.1, 0.15) is 5.56 Å². The molecule has 0 atom stereocenters. The fourth-order valence-corrected chi connectivity index (χ4v) is 2.22. The van der Waals surface area contributed by atoms with E-state index in [0.717, 1.165) is 6.42 Å². The van der Waals surface area contributed by atoms with E-state index < -0.39 is 0 Å². The molecule has 100 valence electrons. The predicted octanol–water partition coefficient (Wildman–Crippen LogP) is 2.62. The van der Waals surface area contributed by atoms with E-state index in [1.54, 1.807) is 11.3 Å². The van der Waals surface area contributed by atoms with E-state index in [2.05, 4.69) is 10.7 Å². The van der Waals surface area contributed by atoms with E-state index in [0.29, 0.717) is 12.3 Å². The predicted molar refractivity (Wildman–Crippen MR) is 72.9 cm³/mol. The highest BCUT2D eigenvalue weighted by Gasteiger charge is 2.02. The van der Waals surface area contributed by atoms with Crippen LogP contribution in [0.2, 0.25) is 0 Å². The Hall–Kier alpha value is -1.88. The lowest BCUT2D eigenvalue weighted by atomic mass is 10.2. The van der Waals surface area contributed by atoms with Crippen LogP contribution in [0.3, 0.4) is 0 Å². The Labute approximate surface area is 115 Å². The van der Waals surface area contributed by atoms with Crippen LogP contribution in [-0.4, -0.2) is 19.1 Å². The summed E-state index contributed by atoms with van der Waals surface area (Å²) in [5.74, 6) is -0.0264. The maximum absolute atomic E-state index is 12.7. The zero-order valence-corrected chi connectivity index (χ0v) is 11.1. The summed E-state index contributed by atoms with van der Waals surface area (Å²) in [4.78, 5) is 11.5. The lowest BCUT2D eigenvalue weighted by Crippen LogP contribution is -2.30. The number of carbonyl (C=O) groups excluding carboxylic acids is 1. The van der Waals surface area contributed by atoms with Crippen LogP contribution in [0.5, 0.6) is 5.75 Å². The van der Waals surface area contributed by atoms with Crippen LogP contribution in [0.15, 0.2) is 41.1 Å². The first kappa shape index (κ1) is 13.5. The van der Waals surface area contributed by atoms with Crippen LogP contribution in [0.25, 0.3) is 0 Å². The molecule has 0 radical (unpaired) electrons. The Morgan fingerprint density at radius 1 is 1.26 bits per heavy atom. The van der Waals surface area contributed by atoms with Gasteiger partial charge >= 0.3 is 0 Å². The Morgan fingerprint density at radius 3 is 2.74 bits per heavy atom. The van der Waals surface area contributed by atoms with Crippen molar-refractivity contribution in [2.75, 3.05) is 13.2 Å². The Morgan fingerprint density at radius 2 is 2.05 bits per heavy atom. The van der Waals surface area contributed by atoms with Gasteiger partial charge in [-0.2, -0.15) is 11.3 Å². The second-order valence-corrected chi connectivity index (χ2v) is 4.75. The minimum absolute atomic E-state index is 0.0602. The highest BCUT2D eigenvalue weighted by molar-refractivity contribution is 7.07. The number of hydrogen-bond acceptors (Lipinski definition) is 3. The summed E-state index contributed by atoms with van der Waals surface area (Å²) in [6, 6.07) is 7.61. The number of ether oxygens (including phenoxy) is 1. The fraction of sp³-hybridized carbons (Fsp3) is 0.214. The topological polar surface area (TPSA) is 38.3 Å². The first-order chi connectivity index (χ1) is 9.24. The number of thiophene rings is 1. The molecule has 1 amide bonds. The molecule has 0 aliphatic rings. The lowest BCUT2D eigenvalue weighted by molar-refractivity contribution is -0.123. The molecular weight excluding hydrogens is 265 g/mol. The normalized spacial score (nSPS) is 10.2. The summed E-state index contributed by atoms with van der Waals surface area (Å²) < 4.78 is 17.9. The van der Waals surface area contributed by atoms with Gasteiger partial charge in [-0.1, -0.05) is 0 Å². The standard InChI is InChI=1S/C14H14FNO2S/c15-12-1-3-13(4-2-12)18-9-14(17)16-7-5-11-6-8-19-10-11/h1-4,6,8,10H,5,7,9H2,(H,16,17). The van der Waals surface area contributed by atoms with E-state index in [9.17, 15) is 9.18 Å². The van der Waals surface area contributed by atoms with E-state index in [1.807, 2.05) is 11.4 Å². The van der Waals surface area contributed by atoms with Crippen molar-refractivity contribution in [1.82, 2.24) is 5.32 Å². The molecule has 3 nitrogen and oxygen atoms in total. The lowest BCUT2D eigenvalue weighted by Gasteiger charge is -2.07. The van der Waals surface area contributed by atoms with E-state index in [4.69, 9.17) is 4.74 Å². The van der Waals surface area contributed by atoms with Gasteiger partial charge < -0.3 is 10.1 Å². The van der Waals surface area contributed by atoms with Gasteiger partial charge in [-0.25, -0.2) is 4.39 Å². The summed E-state index contributed by atoms with van der Waals surface area (Å²) in [7, 11) is 0. The van der Waals surface area contributed by atoms with Crippen molar-refractivity contribution in [2.24, 2.45) is 0 Å². The fourth-order valence-electron chi connectivity index (χ4n) is 1.51. The molecule has 1 aromatic heterocycles. The number of rotatable bonds is 6. The van der Waals surface area contributed by atoms with Crippen molar-refractivity contribution in [1.29, 1.82) is 0 Å².